The quantitative estimate of drug-likeness (QED) is 0.802. The van der Waals surface area contributed by atoms with E-state index < -0.39 is 10.3 Å². The van der Waals surface area contributed by atoms with Crippen molar-refractivity contribution < 1.29 is 9.90 Å². The predicted octanol–water partition coefficient (Wildman–Crippen LogP) is 2.40. The number of aliphatic carboxylic acids is 1. The van der Waals surface area contributed by atoms with Crippen LogP contribution in [0.4, 0.5) is 0 Å². The summed E-state index contributed by atoms with van der Waals surface area (Å²) in [5.74, 6) is -0.820. The van der Waals surface area contributed by atoms with Gasteiger partial charge >= 0.3 is 5.97 Å². The van der Waals surface area contributed by atoms with Crippen molar-refractivity contribution in [3.63, 3.8) is 0 Å². The highest BCUT2D eigenvalue weighted by atomic mass is 79.9. The van der Waals surface area contributed by atoms with Crippen LogP contribution < -0.4 is 0 Å². The lowest BCUT2D eigenvalue weighted by Crippen LogP contribution is -2.38. The molecule has 0 heterocycles. The van der Waals surface area contributed by atoms with Crippen LogP contribution in [0.15, 0.2) is 0 Å². The minimum atomic E-state index is -0.820. The summed E-state index contributed by atoms with van der Waals surface area (Å²) in [6.45, 7) is 3.65. The van der Waals surface area contributed by atoms with E-state index >= 15 is 0 Å². The first kappa shape index (κ1) is 10.4. The molecule has 2 nitrogen and oxygen atoms in total. The molecule has 0 saturated heterocycles. The largest absolute Gasteiger partial charge is 0.480 e. The number of carboxylic acid groups (broad SMARTS) is 1. The smallest absolute Gasteiger partial charge is 0.321 e. The highest BCUT2D eigenvalue weighted by molar-refractivity contribution is 9.12. The maximum atomic E-state index is 10.6. The Bertz CT molecular complexity index is 136. The van der Waals surface area contributed by atoms with E-state index in [9.17, 15) is 4.79 Å². The molecular formula is C6H10Br2O2. The Balaban J connectivity index is 4.38. The van der Waals surface area contributed by atoms with Gasteiger partial charge in [0.2, 0.25) is 0 Å². The Morgan fingerprint density at radius 1 is 1.80 bits per heavy atom. The van der Waals surface area contributed by atoms with Crippen LogP contribution in [-0.4, -0.2) is 20.2 Å². The average Bonchev–Trinajstić information content (AvgIpc) is 1.85. The Labute approximate surface area is 77.3 Å². The highest BCUT2D eigenvalue weighted by Gasteiger charge is 2.37. The summed E-state index contributed by atoms with van der Waals surface area (Å²) in [6, 6.07) is 0. The first-order valence-electron chi connectivity index (χ1n) is 3.01. The van der Waals surface area contributed by atoms with Crippen LogP contribution in [0.3, 0.4) is 0 Å². The van der Waals surface area contributed by atoms with Crippen molar-refractivity contribution in [3.8, 4) is 0 Å². The Kier molecular flexibility index (Phi) is 3.88. The third-order valence-electron chi connectivity index (χ3n) is 1.50. The van der Waals surface area contributed by atoms with Gasteiger partial charge in [-0.05, 0) is 6.42 Å². The second-order valence-electron chi connectivity index (χ2n) is 2.14. The first-order valence-corrected chi connectivity index (χ1v) is 4.72. The van der Waals surface area contributed by atoms with Crippen LogP contribution in [0.2, 0.25) is 0 Å². The van der Waals surface area contributed by atoms with Crippen molar-refractivity contribution in [3.05, 3.63) is 0 Å². The van der Waals surface area contributed by atoms with Crippen molar-refractivity contribution in [2.75, 3.05) is 0 Å². The Morgan fingerprint density at radius 2 is 2.20 bits per heavy atom. The maximum absolute atomic E-state index is 10.6. The van der Waals surface area contributed by atoms with Gasteiger partial charge in [0.1, 0.15) is 4.32 Å². The Hall–Kier alpha value is 0.430. The van der Waals surface area contributed by atoms with E-state index in [1.165, 1.54) is 0 Å². The molecule has 0 aromatic carbocycles. The fourth-order valence-electron chi connectivity index (χ4n) is 0.603. The lowest BCUT2D eigenvalue weighted by Gasteiger charge is -2.23. The third-order valence-corrected chi connectivity index (χ3v) is 4.48. The van der Waals surface area contributed by atoms with Gasteiger partial charge < -0.3 is 5.11 Å². The molecule has 0 aliphatic rings. The van der Waals surface area contributed by atoms with Gasteiger partial charge in [0, 0.05) is 4.83 Å². The molecule has 0 aromatic heterocycles. The molecule has 0 saturated carbocycles. The van der Waals surface area contributed by atoms with E-state index in [4.69, 9.17) is 5.11 Å². The molecule has 60 valence electrons. The molecular weight excluding hydrogens is 264 g/mol. The van der Waals surface area contributed by atoms with Gasteiger partial charge in [-0.3, -0.25) is 4.79 Å². The summed E-state index contributed by atoms with van der Waals surface area (Å²) in [5, 5.41) is 8.73. The van der Waals surface area contributed by atoms with Crippen LogP contribution in [-0.2, 0) is 4.79 Å². The van der Waals surface area contributed by atoms with Crippen molar-refractivity contribution >= 4 is 37.8 Å². The molecule has 0 rings (SSSR count). The second-order valence-corrected chi connectivity index (χ2v) is 4.93. The monoisotopic (exact) mass is 272 g/mol. The zero-order valence-corrected chi connectivity index (χ0v) is 9.07. The average molecular weight is 274 g/mol. The molecule has 2 atom stereocenters. The van der Waals surface area contributed by atoms with Gasteiger partial charge in [-0.15, -0.1) is 0 Å². The lowest BCUT2D eigenvalue weighted by molar-refractivity contribution is -0.139. The summed E-state index contributed by atoms with van der Waals surface area (Å²) < 4.78 is -0.812. The molecule has 2 unspecified atom stereocenters. The molecule has 0 spiro atoms. The molecule has 0 aliphatic carbocycles. The van der Waals surface area contributed by atoms with Gasteiger partial charge in [0.05, 0.1) is 0 Å². The molecule has 0 radical (unpaired) electrons. The lowest BCUT2D eigenvalue weighted by atomic mass is 10.0. The summed E-state index contributed by atoms with van der Waals surface area (Å²) in [5.41, 5.74) is 0. The molecule has 0 aliphatic heterocycles. The van der Waals surface area contributed by atoms with E-state index in [1.807, 2.05) is 13.8 Å². The van der Waals surface area contributed by atoms with Crippen LogP contribution in [0.25, 0.3) is 0 Å². The van der Waals surface area contributed by atoms with Crippen molar-refractivity contribution in [1.29, 1.82) is 0 Å². The second kappa shape index (κ2) is 3.72. The van der Waals surface area contributed by atoms with E-state index in [0.29, 0.717) is 6.42 Å². The maximum Gasteiger partial charge on any atom is 0.321 e. The molecule has 0 aromatic rings. The van der Waals surface area contributed by atoms with Crippen LogP contribution in [0.1, 0.15) is 20.3 Å². The molecule has 10 heavy (non-hydrogen) atoms. The molecule has 0 fully saturated rings. The van der Waals surface area contributed by atoms with Crippen LogP contribution in [0, 0.1) is 0 Å². The fourth-order valence-corrected chi connectivity index (χ4v) is 1.12. The topological polar surface area (TPSA) is 37.3 Å². The number of alkyl halides is 2. The minimum Gasteiger partial charge on any atom is -0.480 e. The van der Waals surface area contributed by atoms with Crippen LogP contribution >= 0.6 is 31.9 Å². The van der Waals surface area contributed by atoms with Crippen LogP contribution in [0.5, 0.6) is 0 Å². The first-order chi connectivity index (χ1) is 4.45. The number of rotatable bonds is 3. The summed E-state index contributed by atoms with van der Waals surface area (Å²) in [7, 11) is 0. The van der Waals surface area contributed by atoms with Crippen molar-refractivity contribution in [1.82, 2.24) is 0 Å². The van der Waals surface area contributed by atoms with Gasteiger partial charge in [-0.25, -0.2) is 0 Å². The zero-order valence-electron chi connectivity index (χ0n) is 5.90. The highest BCUT2D eigenvalue weighted by Crippen LogP contribution is 2.31. The zero-order chi connectivity index (χ0) is 8.36. The van der Waals surface area contributed by atoms with Gasteiger partial charge in [0.15, 0.2) is 0 Å². The van der Waals surface area contributed by atoms with E-state index in [0.717, 1.165) is 0 Å². The number of carboxylic acids is 1. The van der Waals surface area contributed by atoms with Gasteiger partial charge in [0.25, 0.3) is 0 Å². The third kappa shape index (κ3) is 1.95. The summed E-state index contributed by atoms with van der Waals surface area (Å²) in [4.78, 5) is 10.5. The van der Waals surface area contributed by atoms with E-state index in [1.54, 1.807) is 0 Å². The van der Waals surface area contributed by atoms with Gasteiger partial charge in [-0.2, -0.15) is 0 Å². The Morgan fingerprint density at radius 3 is 2.20 bits per heavy atom. The molecule has 0 amide bonds. The normalized spacial score (nSPS) is 19.6. The van der Waals surface area contributed by atoms with E-state index in [2.05, 4.69) is 31.9 Å². The number of carbonyl (C=O) groups is 1. The summed E-state index contributed by atoms with van der Waals surface area (Å²) >= 11 is 6.40. The van der Waals surface area contributed by atoms with Crippen molar-refractivity contribution in [2.45, 2.75) is 29.4 Å². The summed E-state index contributed by atoms with van der Waals surface area (Å²) in [6.07, 6.45) is 0.564. The minimum absolute atomic E-state index is 0.0671. The fraction of sp³-hybridized carbons (Fsp3) is 0.833. The number of hydrogen-bond acceptors (Lipinski definition) is 1. The SMILES string of the molecule is CCC(Br)(C(=O)O)C(C)Br. The van der Waals surface area contributed by atoms with E-state index in [-0.39, 0.29) is 4.83 Å². The number of hydrogen-bond donors (Lipinski definition) is 1. The number of halogens is 2. The predicted molar refractivity (Wildman–Crippen MR) is 48.0 cm³/mol. The van der Waals surface area contributed by atoms with Crippen molar-refractivity contribution in [2.24, 2.45) is 0 Å². The molecule has 0 bridgehead atoms. The van der Waals surface area contributed by atoms with Gasteiger partial charge in [-0.1, -0.05) is 45.7 Å². The molecule has 1 N–H and O–H groups in total. The standard InChI is InChI=1S/C6H10Br2O2/c1-3-6(8,4(2)7)5(9)10/h4H,3H2,1-2H3,(H,9,10). The molecule has 4 heteroatoms.